The lowest BCUT2D eigenvalue weighted by Crippen LogP contribution is -2.00. The third-order valence-electron chi connectivity index (χ3n) is 9.74. The molecule has 0 spiro atoms. The van der Waals surface area contributed by atoms with Gasteiger partial charge in [-0.05, 0) is 77.9 Å². The van der Waals surface area contributed by atoms with Gasteiger partial charge in [0.15, 0.2) is 17.5 Å². The van der Waals surface area contributed by atoms with E-state index in [2.05, 4.69) is 60.7 Å². The maximum Gasteiger partial charge on any atom is 0.164 e. The fourth-order valence-electron chi connectivity index (χ4n) is 7.22. The molecule has 0 amide bonds. The van der Waals surface area contributed by atoms with Gasteiger partial charge in [-0.2, -0.15) is 0 Å². The molecule has 0 fully saturated rings. The number of nitrogens with zero attached hydrogens (tertiary/aromatic N) is 3. The van der Waals surface area contributed by atoms with Crippen LogP contribution in [0.2, 0.25) is 0 Å². The Labute approximate surface area is 290 Å². The fraction of sp³-hybridized carbons (Fsp3) is 0. The summed E-state index contributed by atoms with van der Waals surface area (Å²) in [6.45, 7) is 0. The van der Waals surface area contributed by atoms with E-state index in [1.54, 1.807) is 0 Å². The van der Waals surface area contributed by atoms with Crippen molar-refractivity contribution >= 4 is 65.8 Å². The molecule has 0 aliphatic rings. The van der Waals surface area contributed by atoms with Crippen LogP contribution >= 0.6 is 0 Å². The lowest BCUT2D eigenvalue weighted by molar-refractivity contribution is 0.668. The summed E-state index contributed by atoms with van der Waals surface area (Å²) in [4.78, 5) is 14.9. The third-order valence-corrected chi connectivity index (χ3v) is 9.74. The number of hydrogen-bond acceptors (Lipinski definition) is 6. The summed E-state index contributed by atoms with van der Waals surface area (Å²) < 4.78 is 18.7. The van der Waals surface area contributed by atoms with Crippen molar-refractivity contribution in [2.45, 2.75) is 0 Å². The molecule has 11 rings (SSSR count). The van der Waals surface area contributed by atoms with Gasteiger partial charge < -0.3 is 13.3 Å². The van der Waals surface area contributed by atoms with Crippen LogP contribution in [0.4, 0.5) is 0 Å². The van der Waals surface area contributed by atoms with Gasteiger partial charge in [-0.1, -0.05) is 84.9 Å². The van der Waals surface area contributed by atoms with Crippen LogP contribution in [0.25, 0.3) is 111 Å². The molecule has 6 heteroatoms. The summed E-state index contributed by atoms with van der Waals surface area (Å²) in [7, 11) is 0. The fourth-order valence-corrected chi connectivity index (χ4v) is 7.22. The first-order valence-electron chi connectivity index (χ1n) is 16.8. The molecule has 0 N–H and O–H groups in total. The van der Waals surface area contributed by atoms with E-state index < -0.39 is 0 Å². The molecule has 0 atom stereocenters. The molecule has 51 heavy (non-hydrogen) atoms. The third kappa shape index (κ3) is 4.47. The van der Waals surface area contributed by atoms with E-state index in [1.807, 2.05) is 91.0 Å². The Bertz CT molecular complexity index is 3150. The highest BCUT2D eigenvalue weighted by Crippen LogP contribution is 2.38. The normalized spacial score (nSPS) is 11.9. The number of para-hydroxylation sites is 2. The van der Waals surface area contributed by atoms with E-state index in [-0.39, 0.29) is 0 Å². The van der Waals surface area contributed by atoms with Gasteiger partial charge in [0.25, 0.3) is 0 Å². The number of hydrogen-bond donors (Lipinski definition) is 0. The Morgan fingerprint density at radius 1 is 0.255 bits per heavy atom. The minimum atomic E-state index is 0.569. The SMILES string of the molecule is c1ccc(-c2nc(-c3ccc4c(c3)oc3cc(-c5ccc6oc7ccccc7c6c5)ccc34)nc(-c3ccc4oc5ccccc5c4c3)n2)cc1. The molecule has 4 heterocycles. The van der Waals surface area contributed by atoms with Gasteiger partial charge in [-0.15, -0.1) is 0 Å². The van der Waals surface area contributed by atoms with Gasteiger partial charge in [-0.25, -0.2) is 15.0 Å². The number of benzene rings is 7. The molecular weight excluding hydrogens is 631 g/mol. The zero-order valence-electron chi connectivity index (χ0n) is 27.0. The standard InChI is InChI=1S/C45H25N3O3/c1-2-8-26(9-3-1)43-46-44(29-17-21-40-36(23-29)32-11-5-7-13-38(32)50-40)48-45(47-43)30-15-19-34-33-18-14-28(24-41(33)51-42(34)25-30)27-16-20-39-35(22-27)31-10-4-6-12-37(31)49-39/h1-25H. The van der Waals surface area contributed by atoms with Crippen LogP contribution in [-0.2, 0) is 0 Å². The number of rotatable bonds is 4. The van der Waals surface area contributed by atoms with Crippen LogP contribution in [-0.4, -0.2) is 15.0 Å². The Morgan fingerprint density at radius 3 is 1.29 bits per heavy atom. The van der Waals surface area contributed by atoms with Crippen molar-refractivity contribution in [2.75, 3.05) is 0 Å². The Morgan fingerprint density at radius 2 is 0.647 bits per heavy atom. The van der Waals surface area contributed by atoms with E-state index in [4.69, 9.17) is 28.2 Å². The van der Waals surface area contributed by atoms with Crippen molar-refractivity contribution in [2.24, 2.45) is 0 Å². The van der Waals surface area contributed by atoms with Crippen molar-refractivity contribution < 1.29 is 13.3 Å². The van der Waals surface area contributed by atoms with Crippen molar-refractivity contribution in [1.82, 2.24) is 15.0 Å². The molecular formula is C45H25N3O3. The first-order chi connectivity index (χ1) is 25.2. The van der Waals surface area contributed by atoms with Gasteiger partial charge >= 0.3 is 0 Å². The summed E-state index contributed by atoms with van der Waals surface area (Å²) in [5.74, 6) is 1.76. The van der Waals surface area contributed by atoms with Crippen LogP contribution in [0.3, 0.4) is 0 Å². The zero-order valence-corrected chi connectivity index (χ0v) is 27.0. The smallest absolute Gasteiger partial charge is 0.164 e. The van der Waals surface area contributed by atoms with Gasteiger partial charge in [0.2, 0.25) is 0 Å². The molecule has 6 nitrogen and oxygen atoms in total. The van der Waals surface area contributed by atoms with E-state index in [9.17, 15) is 0 Å². The summed E-state index contributed by atoms with van der Waals surface area (Å²) >= 11 is 0. The van der Waals surface area contributed by atoms with Crippen molar-refractivity contribution in [1.29, 1.82) is 0 Å². The van der Waals surface area contributed by atoms with Crippen LogP contribution in [0.15, 0.2) is 165 Å². The second-order valence-electron chi connectivity index (χ2n) is 12.8. The average molecular weight is 656 g/mol. The second-order valence-corrected chi connectivity index (χ2v) is 12.8. The monoisotopic (exact) mass is 655 g/mol. The van der Waals surface area contributed by atoms with Gasteiger partial charge in [0, 0.05) is 49.0 Å². The van der Waals surface area contributed by atoms with Crippen LogP contribution in [0, 0.1) is 0 Å². The van der Waals surface area contributed by atoms with Crippen molar-refractivity contribution in [3.63, 3.8) is 0 Å². The maximum absolute atomic E-state index is 6.53. The molecule has 4 aromatic heterocycles. The summed E-state index contributed by atoms with van der Waals surface area (Å²) in [5.41, 5.74) is 9.85. The molecule has 11 aromatic rings. The zero-order chi connectivity index (χ0) is 33.5. The molecule has 0 saturated carbocycles. The van der Waals surface area contributed by atoms with Gasteiger partial charge in [0.05, 0.1) is 0 Å². The molecule has 238 valence electrons. The quantitative estimate of drug-likeness (QED) is 0.188. The second kappa shape index (κ2) is 10.7. The van der Waals surface area contributed by atoms with Gasteiger partial charge in [-0.3, -0.25) is 0 Å². The van der Waals surface area contributed by atoms with Crippen molar-refractivity contribution in [3.8, 4) is 45.3 Å². The van der Waals surface area contributed by atoms with E-state index in [0.29, 0.717) is 17.5 Å². The van der Waals surface area contributed by atoms with Crippen LogP contribution in [0.5, 0.6) is 0 Å². The minimum absolute atomic E-state index is 0.569. The number of furan rings is 3. The lowest BCUT2D eigenvalue weighted by atomic mass is 10.0. The molecule has 0 radical (unpaired) electrons. The van der Waals surface area contributed by atoms with E-state index in [0.717, 1.165) is 93.6 Å². The Hall–Kier alpha value is -7.05. The first kappa shape index (κ1) is 27.9. The highest BCUT2D eigenvalue weighted by Gasteiger charge is 2.17. The lowest BCUT2D eigenvalue weighted by Gasteiger charge is -2.08. The highest BCUT2D eigenvalue weighted by molar-refractivity contribution is 6.09. The molecule has 0 bridgehead atoms. The summed E-state index contributed by atoms with van der Waals surface area (Å²) in [6.07, 6.45) is 0. The Balaban J connectivity index is 1.03. The predicted molar refractivity (Wildman–Crippen MR) is 203 cm³/mol. The molecule has 7 aromatic carbocycles. The molecule has 0 aliphatic carbocycles. The average Bonchev–Trinajstić information content (AvgIpc) is 3.88. The highest BCUT2D eigenvalue weighted by atomic mass is 16.3. The first-order valence-corrected chi connectivity index (χ1v) is 16.8. The Kier molecular flexibility index (Phi) is 5.86. The topological polar surface area (TPSA) is 78.1 Å². The predicted octanol–water partition coefficient (Wildman–Crippen LogP) is 12.2. The molecule has 0 aliphatic heterocycles. The van der Waals surface area contributed by atoms with E-state index >= 15 is 0 Å². The van der Waals surface area contributed by atoms with E-state index in [1.165, 1.54) is 0 Å². The molecule has 0 unspecified atom stereocenters. The van der Waals surface area contributed by atoms with Crippen LogP contribution in [0.1, 0.15) is 0 Å². The minimum Gasteiger partial charge on any atom is -0.456 e. The molecule has 0 saturated heterocycles. The van der Waals surface area contributed by atoms with Crippen molar-refractivity contribution in [3.05, 3.63) is 152 Å². The van der Waals surface area contributed by atoms with Crippen LogP contribution < -0.4 is 0 Å². The van der Waals surface area contributed by atoms with Gasteiger partial charge in [0.1, 0.15) is 33.5 Å². The maximum atomic E-state index is 6.53. The number of aromatic nitrogens is 3. The summed E-state index contributed by atoms with van der Waals surface area (Å²) in [5, 5.41) is 6.37. The largest absolute Gasteiger partial charge is 0.456 e. The number of fused-ring (bicyclic) bond motifs is 9. The summed E-state index contributed by atoms with van der Waals surface area (Å²) in [6, 6.07) is 51.2.